The zero-order chi connectivity index (χ0) is 17.2. The fourth-order valence-corrected chi connectivity index (χ4v) is 3.36. The number of thiazole rings is 1. The molecule has 0 aliphatic rings. The Morgan fingerprint density at radius 2 is 1.92 bits per heavy atom. The molecule has 0 saturated carbocycles. The molecule has 0 radical (unpaired) electrons. The van der Waals surface area contributed by atoms with Gasteiger partial charge in [-0.15, -0.1) is 11.3 Å². The van der Waals surface area contributed by atoms with Crippen LogP contribution in [0.4, 0.5) is 0 Å². The van der Waals surface area contributed by atoms with E-state index in [1.807, 2.05) is 35.7 Å². The Labute approximate surface area is 147 Å². The third-order valence-corrected chi connectivity index (χ3v) is 4.76. The molecule has 25 heavy (non-hydrogen) atoms. The van der Waals surface area contributed by atoms with Crippen LogP contribution in [0, 0.1) is 0 Å². The van der Waals surface area contributed by atoms with Crippen LogP contribution >= 0.6 is 11.3 Å². The molecule has 6 nitrogen and oxygen atoms in total. The van der Waals surface area contributed by atoms with Gasteiger partial charge < -0.3 is 4.90 Å². The molecular weight excluding hydrogens is 336 g/mol. The van der Waals surface area contributed by atoms with Crippen molar-refractivity contribution in [3.63, 3.8) is 0 Å². The zero-order valence-corrected chi connectivity index (χ0v) is 14.2. The number of carbonyl (C=O) groups is 1. The minimum atomic E-state index is -0.0980. The summed E-state index contributed by atoms with van der Waals surface area (Å²) in [5.41, 5.74) is 3.69. The van der Waals surface area contributed by atoms with Crippen LogP contribution < -0.4 is 0 Å². The molecule has 0 fully saturated rings. The number of nitrogens with zero attached hydrogens (tertiary/aromatic N) is 4. The Bertz CT molecular complexity index is 1030. The number of rotatable bonds is 4. The monoisotopic (exact) mass is 350 g/mol. The van der Waals surface area contributed by atoms with Gasteiger partial charge in [0.2, 0.25) is 0 Å². The zero-order valence-electron chi connectivity index (χ0n) is 13.4. The second kappa shape index (κ2) is 6.45. The van der Waals surface area contributed by atoms with E-state index in [1.165, 1.54) is 0 Å². The van der Waals surface area contributed by atoms with Crippen LogP contribution in [0.1, 0.15) is 16.1 Å². The summed E-state index contributed by atoms with van der Waals surface area (Å²) >= 11 is 1.58. The first kappa shape index (κ1) is 15.5. The summed E-state index contributed by atoms with van der Waals surface area (Å²) in [6, 6.07) is 15.1. The SMILES string of the molecule is CN(Cc1csc(-c2ccccc2)n1)C(=O)c1ccc2nonc2c1. The van der Waals surface area contributed by atoms with Gasteiger partial charge in [-0.1, -0.05) is 30.3 Å². The van der Waals surface area contributed by atoms with Crippen LogP contribution in [-0.2, 0) is 6.54 Å². The maximum atomic E-state index is 12.6. The van der Waals surface area contributed by atoms with Crippen molar-refractivity contribution in [2.45, 2.75) is 6.54 Å². The molecule has 0 unspecified atom stereocenters. The molecule has 0 saturated heterocycles. The number of fused-ring (bicyclic) bond motifs is 1. The summed E-state index contributed by atoms with van der Waals surface area (Å²) in [6.45, 7) is 0.442. The van der Waals surface area contributed by atoms with Crippen molar-refractivity contribution < 1.29 is 9.42 Å². The molecule has 0 bridgehead atoms. The summed E-state index contributed by atoms with van der Waals surface area (Å²) in [5.74, 6) is -0.0980. The van der Waals surface area contributed by atoms with Gasteiger partial charge in [-0.2, -0.15) is 0 Å². The van der Waals surface area contributed by atoms with Crippen LogP contribution in [0.15, 0.2) is 58.5 Å². The van der Waals surface area contributed by atoms with E-state index in [0.717, 1.165) is 16.3 Å². The van der Waals surface area contributed by atoms with E-state index in [1.54, 1.807) is 41.5 Å². The van der Waals surface area contributed by atoms with Crippen molar-refractivity contribution in [2.75, 3.05) is 7.05 Å². The Kier molecular flexibility index (Phi) is 3.99. The topological polar surface area (TPSA) is 72.1 Å². The number of hydrogen-bond acceptors (Lipinski definition) is 6. The molecule has 7 heteroatoms. The lowest BCUT2D eigenvalue weighted by molar-refractivity contribution is 0.0784. The van der Waals surface area contributed by atoms with Crippen molar-refractivity contribution in [3.05, 3.63) is 65.2 Å². The maximum Gasteiger partial charge on any atom is 0.254 e. The minimum absolute atomic E-state index is 0.0980. The van der Waals surface area contributed by atoms with E-state index in [9.17, 15) is 4.79 Å². The van der Waals surface area contributed by atoms with Crippen molar-refractivity contribution in [2.24, 2.45) is 0 Å². The fraction of sp³-hybridized carbons (Fsp3) is 0.111. The number of benzene rings is 2. The van der Waals surface area contributed by atoms with Crippen LogP contribution in [-0.4, -0.2) is 33.2 Å². The molecule has 0 aliphatic heterocycles. The molecule has 1 amide bonds. The average molecular weight is 350 g/mol. The van der Waals surface area contributed by atoms with E-state index in [4.69, 9.17) is 0 Å². The van der Waals surface area contributed by atoms with Gasteiger partial charge >= 0.3 is 0 Å². The first-order valence-corrected chi connectivity index (χ1v) is 8.56. The summed E-state index contributed by atoms with van der Waals surface area (Å²) in [6.07, 6.45) is 0. The second-order valence-corrected chi connectivity index (χ2v) is 6.50. The molecule has 2 aromatic heterocycles. The lowest BCUT2D eigenvalue weighted by Crippen LogP contribution is -2.26. The summed E-state index contributed by atoms with van der Waals surface area (Å²) in [4.78, 5) is 18.9. The average Bonchev–Trinajstić information content (AvgIpc) is 3.30. The van der Waals surface area contributed by atoms with E-state index >= 15 is 0 Å². The van der Waals surface area contributed by atoms with Crippen LogP contribution in [0.5, 0.6) is 0 Å². The van der Waals surface area contributed by atoms with Crippen molar-refractivity contribution in [1.82, 2.24) is 20.2 Å². The van der Waals surface area contributed by atoms with E-state index in [0.29, 0.717) is 23.1 Å². The predicted molar refractivity (Wildman–Crippen MR) is 95.2 cm³/mol. The molecule has 0 aliphatic carbocycles. The first-order valence-electron chi connectivity index (χ1n) is 7.68. The standard InChI is InChI=1S/C18H14N4O2S/c1-22(18(23)13-7-8-15-16(9-13)21-24-20-15)10-14-11-25-17(19-14)12-5-3-2-4-6-12/h2-9,11H,10H2,1H3. The molecule has 0 atom stereocenters. The van der Waals surface area contributed by atoms with Crippen molar-refractivity contribution >= 4 is 28.3 Å². The lowest BCUT2D eigenvalue weighted by Gasteiger charge is -2.15. The van der Waals surface area contributed by atoms with Gasteiger partial charge in [0.15, 0.2) is 0 Å². The third kappa shape index (κ3) is 3.14. The molecular formula is C18H14N4O2S. The van der Waals surface area contributed by atoms with Gasteiger partial charge in [-0.05, 0) is 28.5 Å². The third-order valence-electron chi connectivity index (χ3n) is 3.82. The molecule has 4 aromatic rings. The van der Waals surface area contributed by atoms with Gasteiger partial charge in [0.25, 0.3) is 5.91 Å². The highest BCUT2D eigenvalue weighted by Crippen LogP contribution is 2.24. The summed E-state index contributed by atoms with van der Waals surface area (Å²) in [7, 11) is 1.76. The molecule has 0 N–H and O–H groups in total. The Morgan fingerprint density at radius 1 is 1.12 bits per heavy atom. The summed E-state index contributed by atoms with van der Waals surface area (Å²) in [5, 5.41) is 10.5. The molecule has 4 rings (SSSR count). The quantitative estimate of drug-likeness (QED) is 0.562. The largest absolute Gasteiger partial charge is 0.336 e. The molecule has 0 spiro atoms. The van der Waals surface area contributed by atoms with Crippen LogP contribution in [0.3, 0.4) is 0 Å². The van der Waals surface area contributed by atoms with Gasteiger partial charge in [0.1, 0.15) is 16.0 Å². The molecule has 124 valence electrons. The van der Waals surface area contributed by atoms with E-state index < -0.39 is 0 Å². The molecule has 2 heterocycles. The highest BCUT2D eigenvalue weighted by atomic mass is 32.1. The number of hydrogen-bond donors (Lipinski definition) is 0. The van der Waals surface area contributed by atoms with Gasteiger partial charge in [0, 0.05) is 23.6 Å². The van der Waals surface area contributed by atoms with Gasteiger partial charge in [0.05, 0.1) is 12.2 Å². The van der Waals surface area contributed by atoms with Crippen molar-refractivity contribution in [3.8, 4) is 10.6 Å². The van der Waals surface area contributed by atoms with Crippen LogP contribution in [0.2, 0.25) is 0 Å². The number of aromatic nitrogens is 3. The summed E-state index contributed by atoms with van der Waals surface area (Å²) < 4.78 is 4.67. The Hall–Kier alpha value is -3.06. The Balaban J connectivity index is 1.50. The maximum absolute atomic E-state index is 12.6. The number of amides is 1. The minimum Gasteiger partial charge on any atom is -0.336 e. The lowest BCUT2D eigenvalue weighted by atomic mass is 10.1. The number of carbonyl (C=O) groups excluding carboxylic acids is 1. The fourth-order valence-electron chi connectivity index (χ4n) is 2.54. The van der Waals surface area contributed by atoms with E-state index in [-0.39, 0.29) is 5.91 Å². The highest BCUT2D eigenvalue weighted by molar-refractivity contribution is 7.13. The van der Waals surface area contributed by atoms with E-state index in [2.05, 4.69) is 19.9 Å². The van der Waals surface area contributed by atoms with Crippen LogP contribution in [0.25, 0.3) is 21.6 Å². The van der Waals surface area contributed by atoms with Crippen molar-refractivity contribution in [1.29, 1.82) is 0 Å². The normalized spacial score (nSPS) is 10.9. The van der Waals surface area contributed by atoms with Gasteiger partial charge in [-0.25, -0.2) is 9.61 Å². The van der Waals surface area contributed by atoms with Gasteiger partial charge in [-0.3, -0.25) is 4.79 Å². The smallest absolute Gasteiger partial charge is 0.254 e. The predicted octanol–water partition coefficient (Wildman–Crippen LogP) is 3.62. The Morgan fingerprint density at radius 3 is 2.76 bits per heavy atom. The first-order chi connectivity index (χ1) is 12.2. The molecule has 2 aromatic carbocycles. The highest BCUT2D eigenvalue weighted by Gasteiger charge is 2.15. The second-order valence-electron chi connectivity index (χ2n) is 5.64.